The molecule has 0 aromatic heterocycles. The molecule has 5 rings (SSSR count). The van der Waals surface area contributed by atoms with Gasteiger partial charge in [-0.05, 0) is 55.0 Å². The third-order valence-electron chi connectivity index (χ3n) is 5.93. The number of hydrogen-bond donors (Lipinski definition) is 1. The van der Waals surface area contributed by atoms with Gasteiger partial charge < -0.3 is 14.8 Å². The number of nitrogens with zero attached hydrogens (tertiary/aromatic N) is 2. The lowest BCUT2D eigenvalue weighted by atomic mass is 10.1. The Balaban J connectivity index is 1.44. The van der Waals surface area contributed by atoms with E-state index in [1.54, 1.807) is 30.3 Å². The van der Waals surface area contributed by atoms with Gasteiger partial charge in [-0.15, -0.1) is 0 Å². The Morgan fingerprint density at radius 1 is 1.08 bits per heavy atom. The van der Waals surface area contributed by atoms with E-state index in [0.29, 0.717) is 22.7 Å². The molecule has 0 spiro atoms. The van der Waals surface area contributed by atoms with Crippen LogP contribution < -0.4 is 14.8 Å². The molecule has 0 unspecified atom stereocenters. The zero-order chi connectivity index (χ0) is 26.9. The van der Waals surface area contributed by atoms with Crippen LogP contribution in [0.1, 0.15) is 23.1 Å². The summed E-state index contributed by atoms with van der Waals surface area (Å²) >= 11 is 1.03. The number of aryl methyl sites for hydroxylation is 1. The highest BCUT2D eigenvalue weighted by Crippen LogP contribution is 2.36. The zero-order valence-electron chi connectivity index (χ0n) is 20.1. The van der Waals surface area contributed by atoms with E-state index in [1.165, 1.54) is 17.0 Å². The van der Waals surface area contributed by atoms with E-state index in [4.69, 9.17) is 9.47 Å². The Morgan fingerprint density at radius 3 is 2.61 bits per heavy atom. The Kier molecular flexibility index (Phi) is 7.02. The molecule has 1 N–H and O–H groups in total. The SMILES string of the molecule is Cc1ccc(NC(=O)[C@@H]2CC(=O)N(Cc3ccc4c(c3)OCO4)C(=Nc3cccc(C(F)(F)F)c3)S2)cc1. The van der Waals surface area contributed by atoms with Crippen LogP contribution in [0.2, 0.25) is 0 Å². The highest BCUT2D eigenvalue weighted by Gasteiger charge is 2.36. The molecule has 1 atom stereocenters. The molecular formula is C27H22F3N3O4S. The van der Waals surface area contributed by atoms with Gasteiger partial charge in [0.25, 0.3) is 0 Å². The minimum Gasteiger partial charge on any atom is -0.454 e. The van der Waals surface area contributed by atoms with Crippen LogP contribution in [0.3, 0.4) is 0 Å². The summed E-state index contributed by atoms with van der Waals surface area (Å²) in [5.41, 5.74) is 1.48. The molecule has 2 amide bonds. The minimum absolute atomic E-state index is 0.0189. The van der Waals surface area contributed by atoms with Gasteiger partial charge in [0.05, 0.1) is 17.8 Å². The molecule has 2 aliphatic rings. The minimum atomic E-state index is -4.55. The lowest BCUT2D eigenvalue weighted by molar-refractivity contribution is -0.137. The van der Waals surface area contributed by atoms with Gasteiger partial charge in [-0.1, -0.05) is 41.6 Å². The van der Waals surface area contributed by atoms with Crippen molar-refractivity contribution in [1.29, 1.82) is 0 Å². The van der Waals surface area contributed by atoms with E-state index >= 15 is 0 Å². The van der Waals surface area contributed by atoms with Crippen molar-refractivity contribution in [2.45, 2.75) is 31.3 Å². The molecule has 0 aliphatic carbocycles. The number of carbonyl (C=O) groups excluding carboxylic acids is 2. The lowest BCUT2D eigenvalue weighted by Crippen LogP contribution is -2.44. The first-order valence-electron chi connectivity index (χ1n) is 11.6. The average molecular weight is 542 g/mol. The second kappa shape index (κ2) is 10.4. The summed E-state index contributed by atoms with van der Waals surface area (Å²) < 4.78 is 50.6. The molecule has 3 aromatic rings. The molecule has 3 aromatic carbocycles. The Hall–Kier alpha value is -3.99. The van der Waals surface area contributed by atoms with Crippen LogP contribution in [0.4, 0.5) is 24.5 Å². The summed E-state index contributed by atoms with van der Waals surface area (Å²) in [6, 6.07) is 17.0. The number of amides is 2. The summed E-state index contributed by atoms with van der Waals surface area (Å²) in [4.78, 5) is 32.1. The van der Waals surface area contributed by atoms with Crippen LogP contribution in [0.15, 0.2) is 71.7 Å². The van der Waals surface area contributed by atoms with Crippen LogP contribution in [-0.4, -0.2) is 33.9 Å². The number of carbonyl (C=O) groups is 2. The number of alkyl halides is 3. The largest absolute Gasteiger partial charge is 0.454 e. The van der Waals surface area contributed by atoms with E-state index in [0.717, 1.165) is 29.5 Å². The third kappa shape index (κ3) is 5.77. The number of fused-ring (bicyclic) bond motifs is 1. The fraction of sp³-hybridized carbons (Fsp3) is 0.222. The van der Waals surface area contributed by atoms with E-state index in [1.807, 2.05) is 19.1 Å². The van der Waals surface area contributed by atoms with E-state index < -0.39 is 22.9 Å². The summed E-state index contributed by atoms with van der Waals surface area (Å²) in [6.45, 7) is 2.11. The van der Waals surface area contributed by atoms with Gasteiger partial charge in [-0.3, -0.25) is 14.5 Å². The number of hydrogen-bond acceptors (Lipinski definition) is 6. The van der Waals surface area contributed by atoms with E-state index in [9.17, 15) is 22.8 Å². The van der Waals surface area contributed by atoms with Crippen molar-refractivity contribution in [1.82, 2.24) is 4.90 Å². The van der Waals surface area contributed by atoms with Gasteiger partial charge in [0.1, 0.15) is 5.25 Å². The molecule has 11 heteroatoms. The van der Waals surface area contributed by atoms with Crippen LogP contribution in [-0.2, 0) is 22.3 Å². The summed E-state index contributed by atoms with van der Waals surface area (Å²) in [7, 11) is 0. The summed E-state index contributed by atoms with van der Waals surface area (Å²) in [5, 5.41) is 2.11. The molecule has 0 saturated carbocycles. The maximum Gasteiger partial charge on any atom is 0.416 e. The molecular weight excluding hydrogens is 519 g/mol. The van der Waals surface area contributed by atoms with Crippen LogP contribution in [0, 0.1) is 6.92 Å². The monoisotopic (exact) mass is 541 g/mol. The molecule has 196 valence electrons. The lowest BCUT2D eigenvalue weighted by Gasteiger charge is -2.32. The number of aliphatic imine (C=N–C) groups is 1. The van der Waals surface area contributed by atoms with Gasteiger partial charge in [0.15, 0.2) is 16.7 Å². The van der Waals surface area contributed by atoms with Gasteiger partial charge in [-0.25, -0.2) is 4.99 Å². The van der Waals surface area contributed by atoms with Crippen LogP contribution in [0.25, 0.3) is 0 Å². The molecule has 0 radical (unpaired) electrons. The van der Waals surface area contributed by atoms with Crippen molar-refractivity contribution in [2.24, 2.45) is 4.99 Å². The predicted molar refractivity (Wildman–Crippen MR) is 137 cm³/mol. The van der Waals surface area contributed by atoms with Crippen molar-refractivity contribution >= 4 is 40.1 Å². The van der Waals surface area contributed by atoms with E-state index in [2.05, 4.69) is 10.3 Å². The average Bonchev–Trinajstić information content (AvgIpc) is 3.35. The maximum atomic E-state index is 13.3. The molecule has 2 aliphatic heterocycles. The number of amidine groups is 1. The van der Waals surface area contributed by atoms with Crippen LogP contribution >= 0.6 is 11.8 Å². The van der Waals surface area contributed by atoms with Crippen molar-refractivity contribution in [3.05, 3.63) is 83.4 Å². The maximum absolute atomic E-state index is 13.3. The first-order valence-corrected chi connectivity index (χ1v) is 12.5. The van der Waals surface area contributed by atoms with Crippen molar-refractivity contribution in [3.63, 3.8) is 0 Å². The summed E-state index contributed by atoms with van der Waals surface area (Å²) in [6.07, 6.45) is -4.65. The fourth-order valence-electron chi connectivity index (χ4n) is 3.94. The zero-order valence-corrected chi connectivity index (χ0v) is 20.9. The van der Waals surface area contributed by atoms with Gasteiger partial charge >= 0.3 is 6.18 Å². The highest BCUT2D eigenvalue weighted by molar-refractivity contribution is 8.15. The molecule has 0 bridgehead atoms. The number of halogens is 3. The Labute approximate surface area is 220 Å². The van der Waals surface area contributed by atoms with Gasteiger partial charge in [0, 0.05) is 12.1 Å². The molecule has 1 fully saturated rings. The third-order valence-corrected chi connectivity index (χ3v) is 7.11. The Bertz CT molecular complexity index is 1410. The van der Waals surface area contributed by atoms with Crippen molar-refractivity contribution in [3.8, 4) is 11.5 Å². The highest BCUT2D eigenvalue weighted by atomic mass is 32.2. The quantitative estimate of drug-likeness (QED) is 0.435. The predicted octanol–water partition coefficient (Wildman–Crippen LogP) is 5.90. The number of benzene rings is 3. The van der Waals surface area contributed by atoms with Crippen LogP contribution in [0.5, 0.6) is 11.5 Å². The van der Waals surface area contributed by atoms with Gasteiger partial charge in [0.2, 0.25) is 18.6 Å². The standard InChI is InChI=1S/C27H22F3N3O4S/c1-16-5-8-19(9-6-16)31-25(35)23-13-24(34)33(14-17-7-10-21-22(11-17)37-15-36-21)26(38-23)32-20-4-2-3-18(12-20)27(28,29)30/h2-12,23H,13-15H2,1H3,(H,31,35)/t23-/m0/s1. The van der Waals surface area contributed by atoms with Gasteiger partial charge in [-0.2, -0.15) is 13.2 Å². The van der Waals surface area contributed by atoms with Crippen molar-refractivity contribution < 1.29 is 32.2 Å². The second-order valence-electron chi connectivity index (χ2n) is 8.78. The second-order valence-corrected chi connectivity index (χ2v) is 9.95. The van der Waals surface area contributed by atoms with E-state index in [-0.39, 0.29) is 36.5 Å². The first kappa shape index (κ1) is 25.7. The topological polar surface area (TPSA) is 80.2 Å². The fourth-order valence-corrected chi connectivity index (χ4v) is 5.04. The number of thioether (sulfide) groups is 1. The molecule has 7 nitrogen and oxygen atoms in total. The van der Waals surface area contributed by atoms with Crippen molar-refractivity contribution in [2.75, 3.05) is 12.1 Å². The summed E-state index contributed by atoms with van der Waals surface area (Å²) in [5.74, 6) is 0.341. The number of ether oxygens (including phenoxy) is 2. The number of anilines is 1. The first-order chi connectivity index (χ1) is 18.2. The number of nitrogens with one attached hydrogen (secondary N) is 1. The molecule has 1 saturated heterocycles. The number of rotatable bonds is 5. The molecule has 2 heterocycles. The normalized spacial score (nSPS) is 18.1. The molecule has 38 heavy (non-hydrogen) atoms. The smallest absolute Gasteiger partial charge is 0.416 e. The Morgan fingerprint density at radius 2 is 1.84 bits per heavy atom.